The Labute approximate surface area is 110 Å². The van der Waals surface area contributed by atoms with E-state index in [-0.39, 0.29) is 17.4 Å². The summed E-state index contributed by atoms with van der Waals surface area (Å²) >= 11 is 0. The molecule has 1 aliphatic rings. The van der Waals surface area contributed by atoms with Crippen LogP contribution in [0.25, 0.3) is 0 Å². The van der Waals surface area contributed by atoms with Gasteiger partial charge in [-0.15, -0.1) is 0 Å². The van der Waals surface area contributed by atoms with Crippen LogP contribution in [0.2, 0.25) is 0 Å². The van der Waals surface area contributed by atoms with E-state index in [1.165, 1.54) is 18.4 Å². The van der Waals surface area contributed by atoms with Gasteiger partial charge in [0.2, 0.25) is 5.91 Å². The Morgan fingerprint density at radius 1 is 1.33 bits per heavy atom. The zero-order valence-electron chi connectivity index (χ0n) is 11.6. The van der Waals surface area contributed by atoms with E-state index < -0.39 is 0 Å². The van der Waals surface area contributed by atoms with Crippen molar-refractivity contribution in [3.05, 3.63) is 35.9 Å². The van der Waals surface area contributed by atoms with Crippen molar-refractivity contribution in [1.82, 2.24) is 5.32 Å². The molecule has 1 aromatic rings. The second-order valence-corrected chi connectivity index (χ2v) is 6.16. The Bertz CT molecular complexity index is 406. The molecule has 1 aromatic carbocycles. The fourth-order valence-electron chi connectivity index (χ4n) is 2.41. The van der Waals surface area contributed by atoms with Gasteiger partial charge in [0.25, 0.3) is 0 Å². The van der Waals surface area contributed by atoms with Gasteiger partial charge in [0, 0.05) is 11.5 Å². The number of benzene rings is 1. The number of hydrogen-bond acceptors (Lipinski definition) is 1. The Morgan fingerprint density at radius 2 is 1.94 bits per heavy atom. The summed E-state index contributed by atoms with van der Waals surface area (Å²) in [6.07, 6.45) is 3.30. The number of carbonyl (C=O) groups is 1. The van der Waals surface area contributed by atoms with Gasteiger partial charge < -0.3 is 5.32 Å². The molecule has 0 spiro atoms. The maximum Gasteiger partial charge on any atom is 0.223 e. The number of nitrogens with one attached hydrogen (secondary N) is 1. The highest BCUT2D eigenvalue weighted by molar-refractivity contribution is 5.79. The molecule has 18 heavy (non-hydrogen) atoms. The Morgan fingerprint density at radius 3 is 2.50 bits per heavy atom. The first kappa shape index (κ1) is 13.1. The summed E-state index contributed by atoms with van der Waals surface area (Å²) in [5, 5.41) is 3.19. The van der Waals surface area contributed by atoms with Gasteiger partial charge in [-0.2, -0.15) is 0 Å². The van der Waals surface area contributed by atoms with Crippen LogP contribution in [-0.2, 0) is 11.2 Å². The third kappa shape index (κ3) is 3.59. The van der Waals surface area contributed by atoms with Crippen molar-refractivity contribution in [2.75, 3.05) is 0 Å². The summed E-state index contributed by atoms with van der Waals surface area (Å²) in [6.45, 7) is 6.24. The molecule has 2 nitrogen and oxygen atoms in total. The summed E-state index contributed by atoms with van der Waals surface area (Å²) in [7, 11) is 0. The van der Waals surface area contributed by atoms with Crippen LogP contribution in [0.15, 0.2) is 30.3 Å². The van der Waals surface area contributed by atoms with Crippen molar-refractivity contribution in [1.29, 1.82) is 0 Å². The second-order valence-electron chi connectivity index (χ2n) is 6.16. The maximum atomic E-state index is 12.1. The molecule has 1 fully saturated rings. The molecule has 0 bridgehead atoms. The van der Waals surface area contributed by atoms with Crippen molar-refractivity contribution in [2.45, 2.75) is 45.6 Å². The van der Waals surface area contributed by atoms with Gasteiger partial charge in [-0.05, 0) is 44.6 Å². The van der Waals surface area contributed by atoms with Crippen molar-refractivity contribution < 1.29 is 4.79 Å². The zero-order valence-corrected chi connectivity index (χ0v) is 11.6. The molecule has 0 radical (unpaired) electrons. The molecule has 2 rings (SSSR count). The van der Waals surface area contributed by atoms with Gasteiger partial charge in [0.15, 0.2) is 0 Å². The first-order valence-electron chi connectivity index (χ1n) is 6.84. The third-order valence-corrected chi connectivity index (χ3v) is 3.69. The average molecular weight is 245 g/mol. The fourth-order valence-corrected chi connectivity index (χ4v) is 2.41. The average Bonchev–Trinajstić information content (AvgIpc) is 3.11. The van der Waals surface area contributed by atoms with Gasteiger partial charge in [-0.3, -0.25) is 4.79 Å². The van der Waals surface area contributed by atoms with Gasteiger partial charge in [-0.25, -0.2) is 0 Å². The number of hydrogen-bond donors (Lipinski definition) is 1. The number of rotatable bonds is 5. The van der Waals surface area contributed by atoms with Crippen LogP contribution >= 0.6 is 0 Å². The molecule has 1 amide bonds. The molecule has 98 valence electrons. The number of carbonyl (C=O) groups excluding carboxylic acids is 1. The highest BCUT2D eigenvalue weighted by Gasteiger charge is 2.34. The standard InChI is InChI=1S/C16H23NO/c1-12(14-9-10-14)15(18)17-16(2,3)11-13-7-5-4-6-8-13/h4-8,12,14H,9-11H2,1-3H3,(H,17,18). The fraction of sp³-hybridized carbons (Fsp3) is 0.562. The van der Waals surface area contributed by atoms with E-state index in [1.54, 1.807) is 0 Å². The molecule has 0 heterocycles. The highest BCUT2D eigenvalue weighted by atomic mass is 16.2. The lowest BCUT2D eigenvalue weighted by atomic mass is 9.93. The number of amides is 1. The Balaban J connectivity index is 1.92. The Hall–Kier alpha value is -1.31. The summed E-state index contributed by atoms with van der Waals surface area (Å²) in [5.74, 6) is 0.996. The van der Waals surface area contributed by atoms with Crippen molar-refractivity contribution in [3.8, 4) is 0 Å². The van der Waals surface area contributed by atoms with Crippen LogP contribution in [-0.4, -0.2) is 11.4 Å². The lowest BCUT2D eigenvalue weighted by Gasteiger charge is -2.28. The van der Waals surface area contributed by atoms with Crippen molar-refractivity contribution >= 4 is 5.91 Å². The van der Waals surface area contributed by atoms with E-state index in [9.17, 15) is 4.79 Å². The van der Waals surface area contributed by atoms with E-state index in [0.717, 1.165) is 6.42 Å². The van der Waals surface area contributed by atoms with Crippen LogP contribution in [0.1, 0.15) is 39.2 Å². The first-order valence-corrected chi connectivity index (χ1v) is 6.84. The SMILES string of the molecule is CC(C(=O)NC(C)(C)Cc1ccccc1)C1CC1. The quantitative estimate of drug-likeness (QED) is 0.848. The van der Waals surface area contributed by atoms with E-state index in [0.29, 0.717) is 5.92 Å². The normalized spacial score (nSPS) is 17.3. The van der Waals surface area contributed by atoms with Gasteiger partial charge >= 0.3 is 0 Å². The molecule has 2 heteroatoms. The molecule has 1 saturated carbocycles. The summed E-state index contributed by atoms with van der Waals surface area (Å²) in [4.78, 5) is 12.1. The molecule has 1 aliphatic carbocycles. The third-order valence-electron chi connectivity index (χ3n) is 3.69. The van der Waals surface area contributed by atoms with Crippen molar-refractivity contribution in [2.24, 2.45) is 11.8 Å². The van der Waals surface area contributed by atoms with Gasteiger partial charge in [-0.1, -0.05) is 37.3 Å². The second kappa shape index (κ2) is 5.13. The predicted molar refractivity (Wildman–Crippen MR) is 74.3 cm³/mol. The van der Waals surface area contributed by atoms with Crippen LogP contribution in [0, 0.1) is 11.8 Å². The van der Waals surface area contributed by atoms with Crippen LogP contribution in [0.5, 0.6) is 0 Å². The minimum Gasteiger partial charge on any atom is -0.351 e. The van der Waals surface area contributed by atoms with Crippen LogP contribution in [0.3, 0.4) is 0 Å². The molecule has 1 N–H and O–H groups in total. The minimum atomic E-state index is -0.179. The molecule has 1 unspecified atom stereocenters. The summed E-state index contributed by atoms with van der Waals surface area (Å²) in [5.41, 5.74) is 1.09. The van der Waals surface area contributed by atoms with Crippen LogP contribution in [0.4, 0.5) is 0 Å². The largest absolute Gasteiger partial charge is 0.351 e. The smallest absolute Gasteiger partial charge is 0.223 e. The van der Waals surface area contributed by atoms with Gasteiger partial charge in [0.05, 0.1) is 0 Å². The van der Waals surface area contributed by atoms with E-state index in [4.69, 9.17) is 0 Å². The van der Waals surface area contributed by atoms with Crippen LogP contribution < -0.4 is 5.32 Å². The minimum absolute atomic E-state index is 0.167. The Kier molecular flexibility index (Phi) is 3.74. The molecular formula is C16H23NO. The lowest BCUT2D eigenvalue weighted by Crippen LogP contribution is -2.47. The monoisotopic (exact) mass is 245 g/mol. The van der Waals surface area contributed by atoms with Crippen molar-refractivity contribution in [3.63, 3.8) is 0 Å². The zero-order chi connectivity index (χ0) is 13.2. The molecular weight excluding hydrogens is 222 g/mol. The highest BCUT2D eigenvalue weighted by Crippen LogP contribution is 2.36. The van der Waals surface area contributed by atoms with E-state index in [1.807, 2.05) is 25.1 Å². The predicted octanol–water partition coefficient (Wildman–Crippen LogP) is 3.17. The summed E-state index contributed by atoms with van der Waals surface area (Å²) < 4.78 is 0. The molecule has 0 aliphatic heterocycles. The lowest BCUT2D eigenvalue weighted by molar-refractivity contribution is -0.126. The topological polar surface area (TPSA) is 29.1 Å². The summed E-state index contributed by atoms with van der Waals surface area (Å²) in [6, 6.07) is 10.3. The maximum absolute atomic E-state index is 12.1. The van der Waals surface area contributed by atoms with E-state index >= 15 is 0 Å². The van der Waals surface area contributed by atoms with Gasteiger partial charge in [0.1, 0.15) is 0 Å². The molecule has 0 saturated heterocycles. The first-order chi connectivity index (χ1) is 8.48. The van der Waals surface area contributed by atoms with E-state index in [2.05, 4.69) is 31.3 Å². The molecule has 0 aromatic heterocycles. The molecule has 1 atom stereocenters.